The number of furan rings is 1. The molecule has 3 heteroatoms. The van der Waals surface area contributed by atoms with E-state index in [0.29, 0.717) is 5.76 Å². The van der Waals surface area contributed by atoms with Crippen molar-refractivity contribution in [1.82, 2.24) is 5.32 Å². The van der Waals surface area contributed by atoms with Gasteiger partial charge in [0.2, 0.25) is 0 Å². The maximum absolute atomic E-state index is 8.89. The highest BCUT2D eigenvalue weighted by atomic mass is 16.3. The van der Waals surface area contributed by atoms with E-state index >= 15 is 0 Å². The molecule has 1 rings (SSSR count). The molecule has 1 N–H and O–H groups in total. The molecule has 0 aliphatic heterocycles. The molecule has 0 saturated carbocycles. The summed E-state index contributed by atoms with van der Waals surface area (Å²) in [5, 5.41) is 12.0. The van der Waals surface area contributed by atoms with Crippen molar-refractivity contribution in [2.75, 3.05) is 0 Å². The average Bonchev–Trinajstić information content (AvgIpc) is 2.50. The fraction of sp³-hybridized carbons (Fsp3) is 0.500. The van der Waals surface area contributed by atoms with E-state index in [0.717, 1.165) is 0 Å². The van der Waals surface area contributed by atoms with Crippen LogP contribution < -0.4 is 5.32 Å². The van der Waals surface area contributed by atoms with Gasteiger partial charge in [-0.25, -0.2) is 0 Å². The van der Waals surface area contributed by atoms with Crippen molar-refractivity contribution in [2.45, 2.75) is 32.4 Å². The molecule has 1 atom stereocenters. The largest absolute Gasteiger partial charge is 0.467 e. The zero-order valence-corrected chi connectivity index (χ0v) is 8.16. The Morgan fingerprint density at radius 1 is 1.54 bits per heavy atom. The van der Waals surface area contributed by atoms with Crippen LogP contribution in [0.15, 0.2) is 22.8 Å². The molecule has 70 valence electrons. The summed E-state index contributed by atoms with van der Waals surface area (Å²) < 4.78 is 5.15. The van der Waals surface area contributed by atoms with Gasteiger partial charge in [-0.15, -0.1) is 0 Å². The summed E-state index contributed by atoms with van der Waals surface area (Å²) in [5.41, 5.74) is -0.0901. The maximum atomic E-state index is 8.89. The highest BCUT2D eigenvalue weighted by Crippen LogP contribution is 2.15. The molecular formula is C10H14N2O. The van der Waals surface area contributed by atoms with Crippen LogP contribution in [0.3, 0.4) is 0 Å². The van der Waals surface area contributed by atoms with Gasteiger partial charge in [0.05, 0.1) is 12.3 Å². The van der Waals surface area contributed by atoms with E-state index in [2.05, 4.69) is 11.4 Å². The first kappa shape index (κ1) is 9.82. The van der Waals surface area contributed by atoms with Crippen LogP contribution in [0, 0.1) is 11.3 Å². The van der Waals surface area contributed by atoms with Crippen LogP contribution in [-0.4, -0.2) is 5.54 Å². The summed E-state index contributed by atoms with van der Waals surface area (Å²) in [4.78, 5) is 0. The molecule has 0 aromatic carbocycles. The van der Waals surface area contributed by atoms with Gasteiger partial charge in [-0.2, -0.15) is 5.26 Å². The van der Waals surface area contributed by atoms with Gasteiger partial charge in [0.25, 0.3) is 0 Å². The molecule has 0 radical (unpaired) electrons. The van der Waals surface area contributed by atoms with E-state index in [1.165, 1.54) is 0 Å². The normalized spacial score (nSPS) is 13.7. The van der Waals surface area contributed by atoms with E-state index < -0.39 is 0 Å². The molecule has 0 bridgehead atoms. The third kappa shape index (κ3) is 2.92. The standard InChI is InChI=1S/C10H14N2O/c1-10(2,3)12-8(7-11)9-5-4-6-13-9/h4-6,8,12H,1-3H3. The Balaban J connectivity index is 2.72. The highest BCUT2D eigenvalue weighted by molar-refractivity contribution is 5.13. The lowest BCUT2D eigenvalue weighted by molar-refractivity contribution is 0.362. The molecule has 0 amide bonds. The van der Waals surface area contributed by atoms with Crippen LogP contribution in [0.4, 0.5) is 0 Å². The van der Waals surface area contributed by atoms with Gasteiger partial charge in [0.15, 0.2) is 6.04 Å². The third-order valence-corrected chi connectivity index (χ3v) is 1.53. The predicted octanol–water partition coefficient (Wildman–Crippen LogP) is 2.23. The van der Waals surface area contributed by atoms with E-state index in [-0.39, 0.29) is 11.6 Å². The van der Waals surface area contributed by atoms with Gasteiger partial charge in [0, 0.05) is 5.54 Å². The molecule has 3 nitrogen and oxygen atoms in total. The first-order valence-corrected chi connectivity index (χ1v) is 4.23. The Bertz CT molecular complexity index is 290. The van der Waals surface area contributed by atoms with Crippen molar-refractivity contribution in [3.05, 3.63) is 24.2 Å². The van der Waals surface area contributed by atoms with Gasteiger partial charge >= 0.3 is 0 Å². The Hall–Kier alpha value is -1.27. The quantitative estimate of drug-likeness (QED) is 0.755. The second kappa shape index (κ2) is 3.63. The molecule has 1 aromatic heterocycles. The lowest BCUT2D eigenvalue weighted by atomic mass is 10.1. The zero-order valence-electron chi connectivity index (χ0n) is 8.16. The number of hydrogen-bond donors (Lipinski definition) is 1. The SMILES string of the molecule is CC(C)(C)NC(C#N)c1ccco1. The Labute approximate surface area is 78.4 Å². The van der Waals surface area contributed by atoms with Gasteiger partial charge in [-0.3, -0.25) is 5.32 Å². The van der Waals surface area contributed by atoms with Crippen molar-refractivity contribution in [1.29, 1.82) is 5.26 Å². The topological polar surface area (TPSA) is 49.0 Å². The van der Waals surface area contributed by atoms with Crippen LogP contribution in [0.25, 0.3) is 0 Å². The number of rotatable bonds is 2. The van der Waals surface area contributed by atoms with Crippen LogP contribution in [0.2, 0.25) is 0 Å². The van der Waals surface area contributed by atoms with Gasteiger partial charge in [-0.1, -0.05) is 0 Å². The van der Waals surface area contributed by atoms with Crippen LogP contribution in [-0.2, 0) is 0 Å². The number of nitriles is 1. The molecule has 0 aliphatic rings. The summed E-state index contributed by atoms with van der Waals surface area (Å²) in [6.45, 7) is 6.04. The molecule has 0 saturated heterocycles. The van der Waals surface area contributed by atoms with E-state index in [4.69, 9.17) is 9.68 Å². The van der Waals surface area contributed by atoms with Crippen molar-refractivity contribution in [3.8, 4) is 6.07 Å². The first-order valence-electron chi connectivity index (χ1n) is 4.23. The molecular weight excluding hydrogens is 164 g/mol. The fourth-order valence-electron chi connectivity index (χ4n) is 1.06. The lowest BCUT2D eigenvalue weighted by Gasteiger charge is -2.23. The predicted molar refractivity (Wildman–Crippen MR) is 50.0 cm³/mol. The van der Waals surface area contributed by atoms with Crippen molar-refractivity contribution in [3.63, 3.8) is 0 Å². The number of nitrogens with zero attached hydrogens (tertiary/aromatic N) is 1. The minimum atomic E-state index is -0.366. The van der Waals surface area contributed by atoms with Crippen LogP contribution in [0.1, 0.15) is 32.6 Å². The van der Waals surface area contributed by atoms with Gasteiger partial charge < -0.3 is 4.42 Å². The summed E-state index contributed by atoms with van der Waals surface area (Å²) >= 11 is 0. The summed E-state index contributed by atoms with van der Waals surface area (Å²) in [5.74, 6) is 0.664. The van der Waals surface area contributed by atoms with E-state index in [1.54, 1.807) is 18.4 Å². The minimum absolute atomic E-state index is 0.0901. The summed E-state index contributed by atoms with van der Waals surface area (Å²) in [7, 11) is 0. The Morgan fingerprint density at radius 3 is 2.62 bits per heavy atom. The summed E-state index contributed by atoms with van der Waals surface area (Å²) in [6.07, 6.45) is 1.57. The Morgan fingerprint density at radius 2 is 2.23 bits per heavy atom. The van der Waals surface area contributed by atoms with E-state index in [1.807, 2.05) is 20.8 Å². The molecule has 13 heavy (non-hydrogen) atoms. The van der Waals surface area contributed by atoms with Crippen molar-refractivity contribution in [2.24, 2.45) is 0 Å². The smallest absolute Gasteiger partial charge is 0.154 e. The molecule has 0 fully saturated rings. The molecule has 0 spiro atoms. The van der Waals surface area contributed by atoms with Crippen molar-refractivity contribution >= 4 is 0 Å². The molecule has 1 unspecified atom stereocenters. The average molecular weight is 178 g/mol. The van der Waals surface area contributed by atoms with Gasteiger partial charge in [-0.05, 0) is 32.9 Å². The maximum Gasteiger partial charge on any atom is 0.154 e. The monoisotopic (exact) mass is 178 g/mol. The zero-order chi connectivity index (χ0) is 9.90. The third-order valence-electron chi connectivity index (χ3n) is 1.53. The molecule has 1 heterocycles. The second-order valence-electron chi connectivity index (χ2n) is 3.97. The highest BCUT2D eigenvalue weighted by Gasteiger charge is 2.19. The molecule has 0 aliphatic carbocycles. The van der Waals surface area contributed by atoms with Crippen LogP contribution >= 0.6 is 0 Å². The minimum Gasteiger partial charge on any atom is -0.467 e. The van der Waals surface area contributed by atoms with Crippen LogP contribution in [0.5, 0.6) is 0 Å². The fourth-order valence-corrected chi connectivity index (χ4v) is 1.06. The lowest BCUT2D eigenvalue weighted by Crippen LogP contribution is -2.38. The number of nitrogens with one attached hydrogen (secondary N) is 1. The van der Waals surface area contributed by atoms with Crippen molar-refractivity contribution < 1.29 is 4.42 Å². The Kier molecular flexibility index (Phi) is 2.74. The number of hydrogen-bond acceptors (Lipinski definition) is 3. The molecule has 1 aromatic rings. The first-order chi connectivity index (χ1) is 6.03. The van der Waals surface area contributed by atoms with Gasteiger partial charge in [0.1, 0.15) is 5.76 Å². The second-order valence-corrected chi connectivity index (χ2v) is 3.97. The summed E-state index contributed by atoms with van der Waals surface area (Å²) in [6, 6.07) is 5.37. The van der Waals surface area contributed by atoms with E-state index in [9.17, 15) is 0 Å².